The number of guanidine groups is 1. The normalized spacial score (nSPS) is 11.5. The molecule has 1 rings (SSSR count). The van der Waals surface area contributed by atoms with Gasteiger partial charge in [0.1, 0.15) is 0 Å². The van der Waals surface area contributed by atoms with Crippen LogP contribution in [0, 0.1) is 0 Å². The van der Waals surface area contributed by atoms with Gasteiger partial charge in [0.25, 0.3) is 5.91 Å². The molecular weight excluding hydrogens is 290 g/mol. The fraction of sp³-hybridized carbons (Fsp3) is 0.286. The fourth-order valence-corrected chi connectivity index (χ4v) is 2.59. The standard InChI is InChI=1S/C14H19N3O3S/c1-3-4-5-6-10-7-8-11(13(18)17-14(15)16)9-12(10)21(2,19)20/h5-9H,3-4H2,1-2H3,(H4,15,16,17,18)/b6-5+. The van der Waals surface area contributed by atoms with E-state index in [9.17, 15) is 13.2 Å². The summed E-state index contributed by atoms with van der Waals surface area (Å²) in [5.41, 5.74) is 10.9. The molecule has 1 aromatic rings. The average Bonchev–Trinajstić information content (AvgIpc) is 2.37. The van der Waals surface area contributed by atoms with Gasteiger partial charge in [-0.15, -0.1) is 0 Å². The van der Waals surface area contributed by atoms with Crippen LogP contribution in [0.5, 0.6) is 0 Å². The highest BCUT2D eigenvalue weighted by molar-refractivity contribution is 7.90. The molecule has 0 heterocycles. The number of carbonyl (C=O) groups is 1. The van der Waals surface area contributed by atoms with Gasteiger partial charge in [-0.2, -0.15) is 4.99 Å². The van der Waals surface area contributed by atoms with Gasteiger partial charge in [-0.25, -0.2) is 8.42 Å². The van der Waals surface area contributed by atoms with Crippen molar-refractivity contribution in [1.82, 2.24) is 0 Å². The molecule has 0 aromatic heterocycles. The van der Waals surface area contributed by atoms with E-state index in [0.717, 1.165) is 19.1 Å². The first-order valence-electron chi connectivity index (χ1n) is 6.40. The van der Waals surface area contributed by atoms with Gasteiger partial charge in [0.2, 0.25) is 0 Å². The number of aliphatic imine (C=N–C) groups is 1. The number of benzene rings is 1. The van der Waals surface area contributed by atoms with E-state index in [1.807, 2.05) is 13.0 Å². The summed E-state index contributed by atoms with van der Waals surface area (Å²) in [6, 6.07) is 4.35. The van der Waals surface area contributed by atoms with E-state index in [1.165, 1.54) is 12.1 Å². The van der Waals surface area contributed by atoms with Crippen LogP contribution in [0.4, 0.5) is 0 Å². The maximum absolute atomic E-state index is 11.9. The minimum absolute atomic E-state index is 0.0755. The molecule has 0 bridgehead atoms. The summed E-state index contributed by atoms with van der Waals surface area (Å²) in [5, 5.41) is 0. The van der Waals surface area contributed by atoms with E-state index in [0.29, 0.717) is 5.56 Å². The number of sulfone groups is 1. The zero-order valence-corrected chi connectivity index (χ0v) is 12.9. The molecule has 1 amide bonds. The minimum Gasteiger partial charge on any atom is -0.370 e. The highest BCUT2D eigenvalue weighted by Crippen LogP contribution is 2.20. The van der Waals surface area contributed by atoms with Crippen molar-refractivity contribution in [2.75, 3.05) is 6.26 Å². The first-order valence-corrected chi connectivity index (χ1v) is 8.29. The molecule has 1 aromatic carbocycles. The molecule has 0 aliphatic rings. The molecule has 0 fully saturated rings. The number of carbonyl (C=O) groups excluding carboxylic acids is 1. The number of nitrogens with two attached hydrogens (primary N) is 2. The summed E-state index contributed by atoms with van der Waals surface area (Å²) in [5.74, 6) is -1.04. The van der Waals surface area contributed by atoms with Crippen molar-refractivity contribution < 1.29 is 13.2 Å². The van der Waals surface area contributed by atoms with E-state index >= 15 is 0 Å². The number of hydrogen-bond donors (Lipinski definition) is 2. The molecule has 6 nitrogen and oxygen atoms in total. The Labute approximate surface area is 124 Å². The average molecular weight is 309 g/mol. The highest BCUT2D eigenvalue weighted by Gasteiger charge is 2.15. The molecule has 0 aliphatic heterocycles. The molecule has 0 radical (unpaired) electrons. The van der Waals surface area contributed by atoms with Crippen molar-refractivity contribution >= 4 is 27.8 Å². The molecular formula is C14H19N3O3S. The lowest BCUT2D eigenvalue weighted by molar-refractivity contribution is 0.100. The van der Waals surface area contributed by atoms with Gasteiger partial charge in [0, 0.05) is 11.8 Å². The van der Waals surface area contributed by atoms with Crippen molar-refractivity contribution in [2.24, 2.45) is 16.5 Å². The Morgan fingerprint density at radius 1 is 1.33 bits per heavy atom. The van der Waals surface area contributed by atoms with E-state index < -0.39 is 15.7 Å². The van der Waals surface area contributed by atoms with Crippen LogP contribution in [-0.2, 0) is 9.84 Å². The van der Waals surface area contributed by atoms with E-state index in [-0.39, 0.29) is 16.4 Å². The van der Waals surface area contributed by atoms with Crippen LogP contribution in [-0.4, -0.2) is 26.5 Å². The molecule has 0 spiro atoms. The summed E-state index contributed by atoms with van der Waals surface area (Å²) < 4.78 is 23.7. The lowest BCUT2D eigenvalue weighted by Crippen LogP contribution is -2.24. The van der Waals surface area contributed by atoms with Gasteiger partial charge in [0.05, 0.1) is 4.90 Å². The Bertz CT molecular complexity index is 687. The number of unbranched alkanes of at least 4 members (excludes halogenated alkanes) is 1. The topological polar surface area (TPSA) is 116 Å². The first-order chi connectivity index (χ1) is 9.75. The van der Waals surface area contributed by atoms with Gasteiger partial charge in [0.15, 0.2) is 15.8 Å². The van der Waals surface area contributed by atoms with Crippen LogP contribution >= 0.6 is 0 Å². The molecule has 21 heavy (non-hydrogen) atoms. The number of hydrogen-bond acceptors (Lipinski definition) is 3. The second-order valence-electron chi connectivity index (χ2n) is 4.56. The largest absolute Gasteiger partial charge is 0.370 e. The third kappa shape index (κ3) is 5.03. The minimum atomic E-state index is -3.47. The van der Waals surface area contributed by atoms with Crippen molar-refractivity contribution in [2.45, 2.75) is 24.7 Å². The van der Waals surface area contributed by atoms with E-state index in [4.69, 9.17) is 11.5 Å². The molecule has 4 N–H and O–H groups in total. The van der Waals surface area contributed by atoms with Crippen LogP contribution in [0.15, 0.2) is 34.2 Å². The zero-order chi connectivity index (χ0) is 16.0. The van der Waals surface area contributed by atoms with Gasteiger partial charge in [-0.1, -0.05) is 31.6 Å². The van der Waals surface area contributed by atoms with Crippen LogP contribution in [0.1, 0.15) is 35.7 Å². The molecule has 7 heteroatoms. The molecule has 0 saturated carbocycles. The number of amides is 1. The molecule has 0 aliphatic carbocycles. The Kier molecular flexibility index (Phi) is 5.66. The maximum atomic E-state index is 11.9. The SMILES string of the molecule is CCC/C=C/c1ccc(C(=O)N=C(N)N)cc1S(C)(=O)=O. The van der Waals surface area contributed by atoms with Crippen LogP contribution in [0.2, 0.25) is 0 Å². The lowest BCUT2D eigenvalue weighted by atomic mass is 10.1. The number of rotatable bonds is 5. The summed E-state index contributed by atoms with van der Waals surface area (Å²) >= 11 is 0. The monoisotopic (exact) mass is 309 g/mol. The predicted molar refractivity (Wildman–Crippen MR) is 83.6 cm³/mol. The summed E-state index contributed by atoms with van der Waals surface area (Å²) in [7, 11) is -3.47. The zero-order valence-electron chi connectivity index (χ0n) is 12.0. The maximum Gasteiger partial charge on any atom is 0.280 e. The third-order valence-corrected chi connectivity index (χ3v) is 3.80. The molecule has 0 unspecified atom stereocenters. The van der Waals surface area contributed by atoms with Crippen LogP contribution in [0.25, 0.3) is 6.08 Å². The number of allylic oxidation sites excluding steroid dienone is 1. The highest BCUT2D eigenvalue weighted by atomic mass is 32.2. The Morgan fingerprint density at radius 3 is 2.52 bits per heavy atom. The van der Waals surface area contributed by atoms with Gasteiger partial charge < -0.3 is 11.5 Å². The quantitative estimate of drug-likeness (QED) is 0.628. The Morgan fingerprint density at radius 2 is 2.00 bits per heavy atom. The molecule has 0 saturated heterocycles. The fourth-order valence-electron chi connectivity index (χ4n) is 1.68. The summed E-state index contributed by atoms with van der Waals surface area (Å²) in [6.45, 7) is 2.03. The second-order valence-corrected chi connectivity index (χ2v) is 6.54. The summed E-state index contributed by atoms with van der Waals surface area (Å²) in [4.78, 5) is 15.2. The number of nitrogens with zero attached hydrogens (tertiary/aromatic N) is 1. The van der Waals surface area contributed by atoms with E-state index in [1.54, 1.807) is 12.1 Å². The van der Waals surface area contributed by atoms with Gasteiger partial charge >= 0.3 is 0 Å². The molecule has 114 valence electrons. The second kappa shape index (κ2) is 7.03. The Hall–Kier alpha value is -2.15. The lowest BCUT2D eigenvalue weighted by Gasteiger charge is -2.06. The summed E-state index contributed by atoms with van der Waals surface area (Å²) in [6.07, 6.45) is 6.52. The predicted octanol–water partition coefficient (Wildman–Crippen LogP) is 1.32. The van der Waals surface area contributed by atoms with Gasteiger partial charge in [-0.3, -0.25) is 4.79 Å². The van der Waals surface area contributed by atoms with Crippen LogP contribution < -0.4 is 11.5 Å². The van der Waals surface area contributed by atoms with Crippen molar-refractivity contribution in [3.63, 3.8) is 0 Å². The first kappa shape index (κ1) is 16.9. The van der Waals surface area contributed by atoms with Gasteiger partial charge in [-0.05, 0) is 24.1 Å². The van der Waals surface area contributed by atoms with Crippen molar-refractivity contribution in [3.8, 4) is 0 Å². The third-order valence-electron chi connectivity index (χ3n) is 2.64. The molecule has 0 atom stereocenters. The Balaban J connectivity index is 3.32. The van der Waals surface area contributed by atoms with Crippen molar-refractivity contribution in [3.05, 3.63) is 35.4 Å². The van der Waals surface area contributed by atoms with Crippen LogP contribution in [0.3, 0.4) is 0 Å². The van der Waals surface area contributed by atoms with Crippen molar-refractivity contribution in [1.29, 1.82) is 0 Å². The van der Waals surface area contributed by atoms with E-state index in [2.05, 4.69) is 4.99 Å². The smallest absolute Gasteiger partial charge is 0.280 e.